The van der Waals surface area contributed by atoms with Crippen molar-refractivity contribution in [2.75, 3.05) is 25.1 Å². The summed E-state index contributed by atoms with van der Waals surface area (Å²) in [4.78, 5) is 20.8. The molecule has 21 heavy (non-hydrogen) atoms. The van der Waals surface area contributed by atoms with Gasteiger partial charge in [-0.3, -0.25) is 4.79 Å². The summed E-state index contributed by atoms with van der Waals surface area (Å²) in [5, 5.41) is 8.36. The Morgan fingerprint density at radius 3 is 3.10 bits per heavy atom. The molecular formula is C14H16N4O2S. The molecule has 2 aromatic rings. The van der Waals surface area contributed by atoms with Crippen LogP contribution in [0.25, 0.3) is 10.2 Å². The van der Waals surface area contributed by atoms with Gasteiger partial charge in [-0.2, -0.15) is 0 Å². The Labute approximate surface area is 125 Å². The Kier molecular flexibility index (Phi) is 3.04. The van der Waals surface area contributed by atoms with Gasteiger partial charge in [0.1, 0.15) is 18.2 Å². The molecule has 4 heterocycles. The van der Waals surface area contributed by atoms with Crippen molar-refractivity contribution in [1.82, 2.24) is 15.3 Å². The SMILES string of the molecule is O=C1NCC2(CCOCC2)C1Nc1ncnc2ccsc12. The molecule has 1 spiro atoms. The summed E-state index contributed by atoms with van der Waals surface area (Å²) < 4.78 is 6.46. The molecule has 2 N–H and O–H groups in total. The molecule has 0 aliphatic carbocycles. The number of aromatic nitrogens is 2. The average Bonchev–Trinajstić information content (AvgIpc) is 3.10. The van der Waals surface area contributed by atoms with Gasteiger partial charge in [0.05, 0.1) is 10.2 Å². The first-order valence-electron chi connectivity index (χ1n) is 7.09. The number of fused-ring (bicyclic) bond motifs is 1. The van der Waals surface area contributed by atoms with Crippen molar-refractivity contribution < 1.29 is 9.53 Å². The monoisotopic (exact) mass is 304 g/mol. The predicted molar refractivity (Wildman–Crippen MR) is 80.3 cm³/mol. The predicted octanol–water partition coefficient (Wildman–Crippen LogP) is 1.40. The third-order valence-electron chi connectivity index (χ3n) is 4.50. The molecule has 2 fully saturated rings. The Hall–Kier alpha value is -1.73. The van der Waals surface area contributed by atoms with E-state index in [1.54, 1.807) is 17.7 Å². The first-order valence-corrected chi connectivity index (χ1v) is 7.97. The van der Waals surface area contributed by atoms with Crippen LogP contribution in [0.5, 0.6) is 0 Å². The van der Waals surface area contributed by atoms with Gasteiger partial charge in [0.15, 0.2) is 0 Å². The first kappa shape index (κ1) is 13.0. The summed E-state index contributed by atoms with van der Waals surface area (Å²) in [6.07, 6.45) is 3.32. The van der Waals surface area contributed by atoms with E-state index in [0.717, 1.165) is 28.9 Å². The Bertz CT molecular complexity index is 680. The van der Waals surface area contributed by atoms with E-state index in [9.17, 15) is 4.79 Å². The van der Waals surface area contributed by atoms with E-state index in [1.807, 2.05) is 11.4 Å². The van der Waals surface area contributed by atoms with Crippen LogP contribution in [0.2, 0.25) is 0 Å². The fourth-order valence-corrected chi connectivity index (χ4v) is 4.03. The summed E-state index contributed by atoms with van der Waals surface area (Å²) in [6.45, 7) is 2.14. The highest BCUT2D eigenvalue weighted by Crippen LogP contribution is 2.39. The van der Waals surface area contributed by atoms with Crippen LogP contribution in [-0.2, 0) is 9.53 Å². The molecule has 0 aromatic carbocycles. The van der Waals surface area contributed by atoms with E-state index in [2.05, 4.69) is 20.6 Å². The third kappa shape index (κ3) is 2.08. The number of carbonyl (C=O) groups is 1. The Morgan fingerprint density at radius 1 is 1.38 bits per heavy atom. The Balaban J connectivity index is 1.68. The molecule has 7 heteroatoms. The van der Waals surface area contributed by atoms with E-state index in [1.165, 1.54) is 0 Å². The van der Waals surface area contributed by atoms with Gasteiger partial charge in [0, 0.05) is 25.2 Å². The first-order chi connectivity index (χ1) is 10.3. The lowest BCUT2D eigenvalue weighted by Gasteiger charge is -2.36. The number of ether oxygens (including phenoxy) is 1. The largest absolute Gasteiger partial charge is 0.381 e. The number of hydrogen-bond donors (Lipinski definition) is 2. The normalized spacial score (nSPS) is 24.4. The lowest BCUT2D eigenvalue weighted by molar-refractivity contribution is -0.121. The van der Waals surface area contributed by atoms with E-state index in [-0.39, 0.29) is 17.4 Å². The zero-order valence-corrected chi connectivity index (χ0v) is 12.3. The van der Waals surface area contributed by atoms with Gasteiger partial charge < -0.3 is 15.4 Å². The molecular weight excluding hydrogens is 288 g/mol. The van der Waals surface area contributed by atoms with Crippen molar-refractivity contribution >= 4 is 33.3 Å². The smallest absolute Gasteiger partial charge is 0.243 e. The van der Waals surface area contributed by atoms with Crippen molar-refractivity contribution in [3.63, 3.8) is 0 Å². The minimum absolute atomic E-state index is 0.0558. The molecule has 0 bridgehead atoms. The minimum Gasteiger partial charge on any atom is -0.381 e. The maximum Gasteiger partial charge on any atom is 0.243 e. The van der Waals surface area contributed by atoms with Crippen molar-refractivity contribution in [1.29, 1.82) is 0 Å². The molecule has 2 aliphatic heterocycles. The number of hydrogen-bond acceptors (Lipinski definition) is 6. The van der Waals surface area contributed by atoms with Crippen LogP contribution in [0.3, 0.4) is 0 Å². The van der Waals surface area contributed by atoms with E-state index in [0.29, 0.717) is 19.8 Å². The fraction of sp³-hybridized carbons (Fsp3) is 0.500. The molecule has 2 aliphatic rings. The summed E-state index contributed by atoms with van der Waals surface area (Å²) in [7, 11) is 0. The fourth-order valence-electron chi connectivity index (χ4n) is 3.24. The van der Waals surface area contributed by atoms with Crippen LogP contribution in [0.1, 0.15) is 12.8 Å². The number of amides is 1. The number of rotatable bonds is 2. The minimum atomic E-state index is -0.249. The maximum atomic E-state index is 12.3. The van der Waals surface area contributed by atoms with Crippen LogP contribution in [0, 0.1) is 5.41 Å². The standard InChI is InChI=1S/C14H16N4O2S/c19-13-11(14(7-15-13)2-4-20-5-3-14)18-12-10-9(1-6-21-10)16-8-17-12/h1,6,8,11H,2-5,7H2,(H,15,19)(H,16,17,18). The van der Waals surface area contributed by atoms with Gasteiger partial charge in [0.25, 0.3) is 0 Å². The Morgan fingerprint density at radius 2 is 2.24 bits per heavy atom. The topological polar surface area (TPSA) is 76.1 Å². The van der Waals surface area contributed by atoms with Gasteiger partial charge in [-0.1, -0.05) is 0 Å². The number of nitrogens with zero attached hydrogens (tertiary/aromatic N) is 2. The molecule has 6 nitrogen and oxygen atoms in total. The van der Waals surface area contributed by atoms with Crippen LogP contribution in [0.15, 0.2) is 17.8 Å². The molecule has 110 valence electrons. The van der Waals surface area contributed by atoms with Gasteiger partial charge in [-0.15, -0.1) is 11.3 Å². The lowest BCUT2D eigenvalue weighted by atomic mass is 9.76. The summed E-state index contributed by atoms with van der Waals surface area (Å²) >= 11 is 1.59. The van der Waals surface area contributed by atoms with Crippen LogP contribution in [0.4, 0.5) is 5.82 Å². The molecule has 0 saturated carbocycles. The molecule has 1 amide bonds. The average molecular weight is 304 g/mol. The summed E-state index contributed by atoms with van der Waals surface area (Å²) in [5.41, 5.74) is 0.848. The van der Waals surface area contributed by atoms with Crippen molar-refractivity contribution in [3.05, 3.63) is 17.8 Å². The highest BCUT2D eigenvalue weighted by molar-refractivity contribution is 7.17. The van der Waals surface area contributed by atoms with Crippen molar-refractivity contribution in [2.24, 2.45) is 5.41 Å². The van der Waals surface area contributed by atoms with Crippen LogP contribution >= 0.6 is 11.3 Å². The third-order valence-corrected chi connectivity index (χ3v) is 5.41. The highest BCUT2D eigenvalue weighted by atomic mass is 32.1. The molecule has 1 unspecified atom stereocenters. The van der Waals surface area contributed by atoms with E-state index in [4.69, 9.17) is 4.74 Å². The van der Waals surface area contributed by atoms with Crippen LogP contribution < -0.4 is 10.6 Å². The number of nitrogens with one attached hydrogen (secondary N) is 2. The molecule has 0 radical (unpaired) electrons. The summed E-state index contributed by atoms with van der Waals surface area (Å²) in [5.74, 6) is 0.808. The second-order valence-electron chi connectivity index (χ2n) is 5.63. The van der Waals surface area contributed by atoms with Gasteiger partial charge in [0.2, 0.25) is 5.91 Å². The maximum absolute atomic E-state index is 12.3. The second-order valence-corrected chi connectivity index (χ2v) is 6.54. The van der Waals surface area contributed by atoms with Crippen molar-refractivity contribution in [2.45, 2.75) is 18.9 Å². The van der Waals surface area contributed by atoms with E-state index >= 15 is 0 Å². The van der Waals surface area contributed by atoms with Crippen molar-refractivity contribution in [3.8, 4) is 0 Å². The quantitative estimate of drug-likeness (QED) is 0.877. The van der Waals surface area contributed by atoms with Gasteiger partial charge in [-0.25, -0.2) is 9.97 Å². The zero-order valence-electron chi connectivity index (χ0n) is 11.5. The van der Waals surface area contributed by atoms with Crippen LogP contribution in [-0.4, -0.2) is 41.7 Å². The summed E-state index contributed by atoms with van der Waals surface area (Å²) in [6, 6.07) is 1.72. The second kappa shape index (κ2) is 4.92. The lowest BCUT2D eigenvalue weighted by Crippen LogP contribution is -2.45. The number of anilines is 1. The number of thiophene rings is 1. The van der Waals surface area contributed by atoms with Gasteiger partial charge in [-0.05, 0) is 24.3 Å². The molecule has 2 saturated heterocycles. The zero-order chi connectivity index (χ0) is 14.3. The number of carbonyl (C=O) groups excluding carboxylic acids is 1. The molecule has 1 atom stereocenters. The highest BCUT2D eigenvalue weighted by Gasteiger charge is 2.49. The molecule has 4 rings (SSSR count). The van der Waals surface area contributed by atoms with Gasteiger partial charge >= 0.3 is 0 Å². The molecule has 2 aromatic heterocycles. The van der Waals surface area contributed by atoms with E-state index < -0.39 is 0 Å².